The van der Waals surface area contributed by atoms with E-state index in [-0.39, 0.29) is 9.92 Å². The lowest BCUT2D eigenvalue weighted by molar-refractivity contribution is 0.453. The highest BCUT2D eigenvalue weighted by atomic mass is 35.5. The highest BCUT2D eigenvalue weighted by Crippen LogP contribution is 2.21. The van der Waals surface area contributed by atoms with Gasteiger partial charge in [-0.1, -0.05) is 24.9 Å². The van der Waals surface area contributed by atoms with Crippen molar-refractivity contribution < 1.29 is 12.8 Å². The summed E-state index contributed by atoms with van der Waals surface area (Å²) in [5.74, 6) is -0.819. The van der Waals surface area contributed by atoms with Gasteiger partial charge in [0.15, 0.2) is 0 Å². The fourth-order valence-electron chi connectivity index (χ4n) is 1.35. The van der Waals surface area contributed by atoms with Gasteiger partial charge in [0.05, 0.1) is 0 Å². The van der Waals surface area contributed by atoms with Gasteiger partial charge in [0.1, 0.15) is 10.7 Å². The zero-order valence-electron chi connectivity index (χ0n) is 9.78. The Hall–Kier alpha value is -0.650. The van der Waals surface area contributed by atoms with Crippen molar-refractivity contribution in [1.82, 2.24) is 4.31 Å². The Morgan fingerprint density at radius 3 is 2.59 bits per heavy atom. The molecule has 0 heterocycles. The molecule has 0 amide bonds. The van der Waals surface area contributed by atoms with Crippen molar-refractivity contribution in [3.63, 3.8) is 0 Å². The first kappa shape index (κ1) is 14.4. The maximum atomic E-state index is 13.5. The molecule has 3 nitrogen and oxygen atoms in total. The van der Waals surface area contributed by atoms with Gasteiger partial charge < -0.3 is 0 Å². The maximum Gasteiger partial charge on any atom is 0.245 e. The molecule has 0 unspecified atom stereocenters. The third kappa shape index (κ3) is 3.40. The van der Waals surface area contributed by atoms with Gasteiger partial charge in [-0.05, 0) is 24.6 Å². The number of nitrogens with zero attached hydrogens (tertiary/aromatic N) is 1. The highest BCUT2D eigenvalue weighted by molar-refractivity contribution is 7.89. The lowest BCUT2D eigenvalue weighted by Crippen LogP contribution is -2.28. The topological polar surface area (TPSA) is 37.4 Å². The molecular weight excluding hydrogens is 265 g/mol. The second-order valence-electron chi connectivity index (χ2n) is 3.75. The summed E-state index contributed by atoms with van der Waals surface area (Å²) in [4.78, 5) is -0.333. The van der Waals surface area contributed by atoms with Crippen molar-refractivity contribution >= 4 is 21.6 Å². The number of halogens is 2. The molecule has 0 atom stereocenters. The van der Waals surface area contributed by atoms with Crippen LogP contribution in [0.4, 0.5) is 4.39 Å². The Kier molecular flexibility index (Phi) is 4.91. The molecule has 1 aromatic carbocycles. The van der Waals surface area contributed by atoms with Crippen LogP contribution in [0.1, 0.15) is 19.8 Å². The smallest absolute Gasteiger partial charge is 0.207 e. The minimum Gasteiger partial charge on any atom is -0.207 e. The van der Waals surface area contributed by atoms with Crippen LogP contribution in [-0.2, 0) is 10.0 Å². The van der Waals surface area contributed by atoms with Gasteiger partial charge in [0.2, 0.25) is 10.0 Å². The normalized spacial score (nSPS) is 12.1. The molecule has 0 spiro atoms. The van der Waals surface area contributed by atoms with E-state index in [2.05, 4.69) is 0 Å². The van der Waals surface area contributed by atoms with E-state index >= 15 is 0 Å². The van der Waals surface area contributed by atoms with Crippen molar-refractivity contribution in [3.8, 4) is 0 Å². The molecular formula is C11H15ClFNO2S. The molecule has 0 aliphatic carbocycles. The summed E-state index contributed by atoms with van der Waals surface area (Å²) < 4.78 is 38.7. The van der Waals surface area contributed by atoms with E-state index in [0.717, 1.165) is 23.2 Å². The molecule has 96 valence electrons. The summed E-state index contributed by atoms with van der Waals surface area (Å²) in [6.07, 6.45) is 1.62. The fourth-order valence-corrected chi connectivity index (χ4v) is 2.76. The Bertz CT molecular complexity index is 490. The SMILES string of the molecule is CCCCN(C)S(=O)(=O)c1ccc(Cl)cc1F. The third-order valence-corrected chi connectivity index (χ3v) is 4.53. The van der Waals surface area contributed by atoms with Gasteiger partial charge in [-0.25, -0.2) is 17.1 Å². The summed E-state index contributed by atoms with van der Waals surface area (Å²) in [5.41, 5.74) is 0. The van der Waals surface area contributed by atoms with E-state index < -0.39 is 15.8 Å². The monoisotopic (exact) mass is 279 g/mol. The van der Waals surface area contributed by atoms with Crippen LogP contribution in [0.25, 0.3) is 0 Å². The lowest BCUT2D eigenvalue weighted by Gasteiger charge is -2.17. The number of hydrogen-bond donors (Lipinski definition) is 0. The lowest BCUT2D eigenvalue weighted by atomic mass is 10.3. The van der Waals surface area contributed by atoms with Crippen molar-refractivity contribution in [2.45, 2.75) is 24.7 Å². The molecule has 0 aromatic heterocycles. The van der Waals surface area contributed by atoms with Gasteiger partial charge in [-0.15, -0.1) is 0 Å². The van der Waals surface area contributed by atoms with Crippen molar-refractivity contribution in [1.29, 1.82) is 0 Å². The Morgan fingerprint density at radius 2 is 2.06 bits per heavy atom. The molecule has 0 aliphatic rings. The summed E-state index contributed by atoms with van der Waals surface area (Å²) in [6, 6.07) is 3.56. The zero-order valence-corrected chi connectivity index (χ0v) is 11.4. The van der Waals surface area contributed by atoms with Crippen molar-refractivity contribution in [3.05, 3.63) is 29.0 Å². The number of sulfonamides is 1. The van der Waals surface area contributed by atoms with Gasteiger partial charge in [0.25, 0.3) is 0 Å². The fraction of sp³-hybridized carbons (Fsp3) is 0.455. The first-order chi connectivity index (χ1) is 7.89. The average Bonchev–Trinajstić information content (AvgIpc) is 2.25. The van der Waals surface area contributed by atoms with E-state index in [0.29, 0.717) is 6.54 Å². The first-order valence-corrected chi connectivity index (χ1v) is 7.12. The highest BCUT2D eigenvalue weighted by Gasteiger charge is 2.23. The average molecular weight is 280 g/mol. The Labute approximate surface area is 106 Å². The predicted molar refractivity (Wildman–Crippen MR) is 66.1 cm³/mol. The van der Waals surface area contributed by atoms with E-state index in [9.17, 15) is 12.8 Å². The molecule has 0 fully saturated rings. The van der Waals surface area contributed by atoms with Crippen LogP contribution in [0.3, 0.4) is 0 Å². The minimum atomic E-state index is -3.76. The van der Waals surface area contributed by atoms with Crippen LogP contribution in [0.15, 0.2) is 23.1 Å². The van der Waals surface area contributed by atoms with Crippen LogP contribution in [0.2, 0.25) is 5.02 Å². The second-order valence-corrected chi connectivity index (χ2v) is 6.20. The van der Waals surface area contributed by atoms with Crippen LogP contribution < -0.4 is 0 Å². The quantitative estimate of drug-likeness (QED) is 0.831. The van der Waals surface area contributed by atoms with Gasteiger partial charge in [-0.2, -0.15) is 0 Å². The number of rotatable bonds is 5. The van der Waals surface area contributed by atoms with Crippen LogP contribution in [0, 0.1) is 5.82 Å². The minimum absolute atomic E-state index is 0.178. The zero-order chi connectivity index (χ0) is 13.1. The summed E-state index contributed by atoms with van der Waals surface area (Å²) >= 11 is 5.58. The Morgan fingerprint density at radius 1 is 1.41 bits per heavy atom. The molecule has 0 N–H and O–H groups in total. The van der Waals surface area contributed by atoms with Gasteiger partial charge in [0, 0.05) is 18.6 Å². The molecule has 1 rings (SSSR count). The van der Waals surface area contributed by atoms with Crippen LogP contribution >= 0.6 is 11.6 Å². The Balaban J connectivity index is 3.04. The molecule has 6 heteroatoms. The maximum absolute atomic E-state index is 13.5. The summed E-state index contributed by atoms with van der Waals surface area (Å²) in [5, 5.41) is 0.178. The van der Waals surface area contributed by atoms with Gasteiger partial charge in [-0.3, -0.25) is 0 Å². The molecule has 0 aliphatic heterocycles. The molecule has 17 heavy (non-hydrogen) atoms. The predicted octanol–water partition coefficient (Wildman–Crippen LogP) is 2.90. The van der Waals surface area contributed by atoms with E-state index in [1.807, 2.05) is 6.92 Å². The molecule has 0 saturated carbocycles. The molecule has 0 saturated heterocycles. The van der Waals surface area contributed by atoms with E-state index in [1.165, 1.54) is 19.2 Å². The molecule has 0 radical (unpaired) electrons. The molecule has 0 bridgehead atoms. The number of unbranched alkanes of at least 4 members (excludes halogenated alkanes) is 1. The van der Waals surface area contributed by atoms with Crippen molar-refractivity contribution in [2.75, 3.05) is 13.6 Å². The van der Waals surface area contributed by atoms with Crippen molar-refractivity contribution in [2.24, 2.45) is 0 Å². The van der Waals surface area contributed by atoms with Crippen LogP contribution in [-0.4, -0.2) is 26.3 Å². The standard InChI is InChI=1S/C11H15ClFNO2S/c1-3-4-7-14(2)17(15,16)11-6-5-9(12)8-10(11)13/h5-6,8H,3-4,7H2,1-2H3. The van der Waals surface area contributed by atoms with E-state index in [1.54, 1.807) is 0 Å². The molecule has 1 aromatic rings. The summed E-state index contributed by atoms with van der Waals surface area (Å²) in [6.45, 7) is 2.34. The third-order valence-electron chi connectivity index (χ3n) is 2.41. The number of benzene rings is 1. The van der Waals surface area contributed by atoms with Crippen LogP contribution in [0.5, 0.6) is 0 Å². The summed E-state index contributed by atoms with van der Waals surface area (Å²) in [7, 11) is -2.32. The second kappa shape index (κ2) is 5.80. The van der Waals surface area contributed by atoms with E-state index in [4.69, 9.17) is 11.6 Å². The number of hydrogen-bond acceptors (Lipinski definition) is 2. The largest absolute Gasteiger partial charge is 0.245 e. The van der Waals surface area contributed by atoms with Gasteiger partial charge >= 0.3 is 0 Å². The first-order valence-electron chi connectivity index (χ1n) is 5.31.